The van der Waals surface area contributed by atoms with Crippen LogP contribution in [0.4, 0.5) is 14.5 Å². The Morgan fingerprint density at radius 1 is 1.62 bits per heavy atom. The van der Waals surface area contributed by atoms with Crippen molar-refractivity contribution in [3.8, 4) is 6.07 Å². The Morgan fingerprint density at radius 2 is 2.23 bits per heavy atom. The Bertz CT molecular complexity index is 373. The fourth-order valence-electron chi connectivity index (χ4n) is 0.765. The third kappa shape index (κ3) is 1.84. The summed E-state index contributed by atoms with van der Waals surface area (Å²) in [4.78, 5) is 3.41. The number of aromatic nitrogens is 1. The molecule has 0 aliphatic heterocycles. The molecule has 0 fully saturated rings. The molecule has 1 aromatic heterocycles. The Hall–Kier alpha value is -1.41. The van der Waals surface area contributed by atoms with E-state index < -0.39 is 12.0 Å². The van der Waals surface area contributed by atoms with Crippen molar-refractivity contribution in [1.29, 1.82) is 5.26 Å². The minimum Gasteiger partial charge on any atom is -0.396 e. The van der Waals surface area contributed by atoms with Crippen molar-refractivity contribution in [1.82, 2.24) is 4.98 Å². The predicted octanol–water partition coefficient (Wildman–Crippen LogP) is 2.13. The number of nitrogen functional groups attached to an aromatic ring is 1. The minimum atomic E-state index is -2.74. The van der Waals surface area contributed by atoms with E-state index in [0.29, 0.717) is 0 Å². The molecular formula is C7H4ClF2N3. The van der Waals surface area contributed by atoms with Crippen LogP contribution in [0.1, 0.15) is 17.7 Å². The molecule has 1 heterocycles. The van der Waals surface area contributed by atoms with Gasteiger partial charge in [-0.1, -0.05) is 11.6 Å². The predicted molar refractivity (Wildman–Crippen MR) is 43.3 cm³/mol. The monoisotopic (exact) mass is 203 g/mol. The molecule has 1 rings (SSSR count). The van der Waals surface area contributed by atoms with Gasteiger partial charge in [-0.3, -0.25) is 0 Å². The van der Waals surface area contributed by atoms with Gasteiger partial charge in [0.05, 0.1) is 11.3 Å². The van der Waals surface area contributed by atoms with Gasteiger partial charge in [-0.2, -0.15) is 5.26 Å². The molecule has 3 nitrogen and oxygen atoms in total. The Kier molecular flexibility index (Phi) is 2.63. The van der Waals surface area contributed by atoms with Crippen molar-refractivity contribution in [2.24, 2.45) is 0 Å². The first-order valence-corrected chi connectivity index (χ1v) is 3.58. The standard InChI is InChI=1S/C7H4ClF2N3/c8-6-3(7(9)10)1-4(12)5(2-11)13-6/h1,7H,12H2. The van der Waals surface area contributed by atoms with Gasteiger partial charge in [0.2, 0.25) is 0 Å². The fraction of sp³-hybridized carbons (Fsp3) is 0.143. The highest BCUT2D eigenvalue weighted by molar-refractivity contribution is 6.30. The number of hydrogen-bond acceptors (Lipinski definition) is 3. The third-order valence-electron chi connectivity index (χ3n) is 1.37. The average molecular weight is 204 g/mol. The topological polar surface area (TPSA) is 62.7 Å². The lowest BCUT2D eigenvalue weighted by Crippen LogP contribution is -1.98. The molecule has 6 heteroatoms. The lowest BCUT2D eigenvalue weighted by Gasteiger charge is -2.03. The summed E-state index contributed by atoms with van der Waals surface area (Å²) in [6, 6.07) is 2.59. The molecule has 0 unspecified atom stereocenters. The van der Waals surface area contributed by atoms with E-state index in [0.717, 1.165) is 6.07 Å². The van der Waals surface area contributed by atoms with Crippen molar-refractivity contribution in [2.45, 2.75) is 6.43 Å². The first-order valence-electron chi connectivity index (χ1n) is 3.20. The Morgan fingerprint density at radius 3 is 2.69 bits per heavy atom. The van der Waals surface area contributed by atoms with E-state index in [2.05, 4.69) is 4.98 Å². The van der Waals surface area contributed by atoms with Gasteiger partial charge < -0.3 is 5.73 Å². The van der Waals surface area contributed by atoms with Crippen molar-refractivity contribution >= 4 is 17.3 Å². The van der Waals surface area contributed by atoms with Gasteiger partial charge >= 0.3 is 0 Å². The van der Waals surface area contributed by atoms with Crippen LogP contribution in [0.25, 0.3) is 0 Å². The van der Waals surface area contributed by atoms with Crippen LogP contribution in [0, 0.1) is 11.3 Å². The number of anilines is 1. The van der Waals surface area contributed by atoms with Gasteiger partial charge in [0.25, 0.3) is 6.43 Å². The third-order valence-corrected chi connectivity index (χ3v) is 1.68. The highest BCUT2D eigenvalue weighted by Crippen LogP contribution is 2.28. The molecular weight excluding hydrogens is 200 g/mol. The number of rotatable bonds is 1. The van der Waals surface area contributed by atoms with Crippen molar-refractivity contribution < 1.29 is 8.78 Å². The summed E-state index contributed by atoms with van der Waals surface area (Å²) >= 11 is 5.38. The van der Waals surface area contributed by atoms with E-state index in [9.17, 15) is 8.78 Å². The number of alkyl halides is 2. The Labute approximate surface area is 77.7 Å². The van der Waals surface area contributed by atoms with Crippen LogP contribution >= 0.6 is 11.6 Å². The maximum absolute atomic E-state index is 12.2. The number of nitrogens with zero attached hydrogens (tertiary/aromatic N) is 2. The lowest BCUT2D eigenvalue weighted by molar-refractivity contribution is 0.151. The number of nitriles is 1. The second-order valence-electron chi connectivity index (χ2n) is 2.22. The van der Waals surface area contributed by atoms with E-state index in [1.807, 2.05) is 0 Å². The highest BCUT2D eigenvalue weighted by Gasteiger charge is 2.15. The van der Waals surface area contributed by atoms with Gasteiger partial charge in [0, 0.05) is 0 Å². The van der Waals surface area contributed by atoms with Crippen LogP contribution in [0.15, 0.2) is 6.07 Å². The first kappa shape index (κ1) is 9.68. The molecule has 0 bridgehead atoms. The summed E-state index contributed by atoms with van der Waals surface area (Å²) in [7, 11) is 0. The first-order chi connectivity index (χ1) is 6.06. The van der Waals surface area contributed by atoms with Crippen LogP contribution in [0.2, 0.25) is 5.15 Å². The molecule has 0 aliphatic rings. The van der Waals surface area contributed by atoms with Crippen LogP contribution in [-0.4, -0.2) is 4.98 Å². The molecule has 2 N–H and O–H groups in total. The molecule has 0 aliphatic carbocycles. The zero-order valence-corrected chi connectivity index (χ0v) is 7.02. The van der Waals surface area contributed by atoms with E-state index in [-0.39, 0.29) is 16.5 Å². The van der Waals surface area contributed by atoms with Crippen LogP contribution in [0.5, 0.6) is 0 Å². The molecule has 0 saturated carbocycles. The second kappa shape index (κ2) is 3.54. The van der Waals surface area contributed by atoms with Crippen LogP contribution < -0.4 is 5.73 Å². The number of pyridine rings is 1. The summed E-state index contributed by atoms with van der Waals surface area (Å²) in [6.45, 7) is 0. The largest absolute Gasteiger partial charge is 0.396 e. The second-order valence-corrected chi connectivity index (χ2v) is 2.58. The molecule has 68 valence electrons. The molecule has 0 atom stereocenters. The van der Waals surface area contributed by atoms with Crippen LogP contribution in [-0.2, 0) is 0 Å². The van der Waals surface area contributed by atoms with Crippen molar-refractivity contribution in [2.75, 3.05) is 5.73 Å². The van der Waals surface area contributed by atoms with Crippen molar-refractivity contribution in [3.05, 3.63) is 22.5 Å². The number of hydrogen-bond donors (Lipinski definition) is 1. The molecule has 0 radical (unpaired) electrons. The van der Waals surface area contributed by atoms with Crippen LogP contribution in [0.3, 0.4) is 0 Å². The number of halogens is 3. The maximum atomic E-state index is 12.2. The molecule has 0 saturated heterocycles. The van der Waals surface area contributed by atoms with Crippen molar-refractivity contribution in [3.63, 3.8) is 0 Å². The van der Waals surface area contributed by atoms with Gasteiger partial charge in [-0.25, -0.2) is 13.8 Å². The van der Waals surface area contributed by atoms with Gasteiger partial charge in [-0.05, 0) is 6.07 Å². The minimum absolute atomic E-state index is 0.0952. The highest BCUT2D eigenvalue weighted by atomic mass is 35.5. The summed E-state index contributed by atoms with van der Waals surface area (Å²) < 4.78 is 24.4. The average Bonchev–Trinajstić information content (AvgIpc) is 2.07. The van der Waals surface area contributed by atoms with Gasteiger partial charge in [0.15, 0.2) is 5.69 Å². The summed E-state index contributed by atoms with van der Waals surface area (Å²) in [5.41, 5.74) is 4.56. The Balaban J connectivity index is 3.31. The quantitative estimate of drug-likeness (QED) is 0.711. The summed E-state index contributed by atoms with van der Waals surface area (Å²) in [6.07, 6.45) is -2.74. The molecule has 13 heavy (non-hydrogen) atoms. The van der Waals surface area contributed by atoms with E-state index >= 15 is 0 Å². The molecule has 0 amide bonds. The molecule has 1 aromatic rings. The summed E-state index contributed by atoms with van der Waals surface area (Å²) in [5.74, 6) is 0. The van der Waals surface area contributed by atoms with Gasteiger partial charge in [-0.15, -0.1) is 0 Å². The van der Waals surface area contributed by atoms with E-state index in [4.69, 9.17) is 22.6 Å². The maximum Gasteiger partial charge on any atom is 0.266 e. The lowest BCUT2D eigenvalue weighted by atomic mass is 10.2. The zero-order chi connectivity index (χ0) is 10.0. The molecule has 0 aromatic carbocycles. The smallest absolute Gasteiger partial charge is 0.266 e. The normalized spacial score (nSPS) is 10.1. The zero-order valence-electron chi connectivity index (χ0n) is 6.26. The molecule has 0 spiro atoms. The van der Waals surface area contributed by atoms with Gasteiger partial charge in [0.1, 0.15) is 11.2 Å². The van der Waals surface area contributed by atoms with E-state index in [1.165, 1.54) is 0 Å². The SMILES string of the molecule is N#Cc1nc(Cl)c(C(F)F)cc1N. The number of nitrogens with two attached hydrogens (primary N) is 1. The van der Waals surface area contributed by atoms with E-state index in [1.54, 1.807) is 6.07 Å². The summed E-state index contributed by atoms with van der Waals surface area (Å²) in [5, 5.41) is 8.05. The fourth-order valence-corrected chi connectivity index (χ4v) is 0.987.